The molecule has 1 aromatic heterocycles. The average Bonchev–Trinajstić information content (AvgIpc) is 2.89. The molecule has 0 radical (unpaired) electrons. The van der Waals surface area contributed by atoms with Crippen LogP contribution in [0.2, 0.25) is 0 Å². The third kappa shape index (κ3) is 1.98. The van der Waals surface area contributed by atoms with E-state index in [0.29, 0.717) is 0 Å². The summed E-state index contributed by atoms with van der Waals surface area (Å²) >= 11 is 0. The Morgan fingerprint density at radius 3 is 2.39 bits per heavy atom. The summed E-state index contributed by atoms with van der Waals surface area (Å²) in [6, 6.07) is 19.1. The number of nitrogens with zero attached hydrogens (tertiary/aromatic N) is 1. The van der Waals surface area contributed by atoms with Crippen molar-refractivity contribution in [2.45, 2.75) is 0 Å². The lowest BCUT2D eigenvalue weighted by atomic mass is 10.1. The highest BCUT2D eigenvalue weighted by Gasteiger charge is 2.05. The third-order valence-corrected chi connectivity index (χ3v) is 2.80. The predicted octanol–water partition coefficient (Wildman–Crippen LogP) is 3.45. The summed E-state index contributed by atoms with van der Waals surface area (Å²) in [5.41, 5.74) is 3.78. The van der Waals surface area contributed by atoms with Crippen molar-refractivity contribution in [2.24, 2.45) is 0 Å². The normalized spacial score (nSPS) is 10.4. The van der Waals surface area contributed by atoms with Crippen LogP contribution in [0.15, 0.2) is 60.7 Å². The van der Waals surface area contributed by atoms with Gasteiger partial charge in [-0.05, 0) is 23.8 Å². The molecule has 0 saturated heterocycles. The van der Waals surface area contributed by atoms with Gasteiger partial charge < -0.3 is 5.11 Å². The van der Waals surface area contributed by atoms with Gasteiger partial charge in [0.15, 0.2) is 0 Å². The Labute approximate surface area is 105 Å². The van der Waals surface area contributed by atoms with Crippen LogP contribution in [-0.4, -0.2) is 15.3 Å². The second-order valence-corrected chi connectivity index (χ2v) is 4.08. The zero-order valence-electron chi connectivity index (χ0n) is 9.67. The molecule has 0 spiro atoms. The maximum atomic E-state index is 9.46. The Kier molecular flexibility index (Phi) is 2.57. The first-order valence-electron chi connectivity index (χ1n) is 5.73. The summed E-state index contributed by atoms with van der Waals surface area (Å²) in [5, 5.41) is 16.7. The maximum Gasteiger partial charge on any atom is 0.116 e. The first-order chi connectivity index (χ1) is 8.83. The molecule has 0 bridgehead atoms. The van der Waals surface area contributed by atoms with Crippen molar-refractivity contribution < 1.29 is 5.11 Å². The number of aromatic amines is 1. The molecule has 0 amide bonds. The van der Waals surface area contributed by atoms with E-state index in [4.69, 9.17) is 0 Å². The van der Waals surface area contributed by atoms with Gasteiger partial charge in [0.05, 0.1) is 11.4 Å². The van der Waals surface area contributed by atoms with Crippen LogP contribution in [-0.2, 0) is 0 Å². The second kappa shape index (κ2) is 4.37. The average molecular weight is 236 g/mol. The summed E-state index contributed by atoms with van der Waals surface area (Å²) in [7, 11) is 0. The molecule has 88 valence electrons. The first-order valence-corrected chi connectivity index (χ1v) is 5.73. The minimum Gasteiger partial charge on any atom is -0.508 e. The van der Waals surface area contributed by atoms with Crippen LogP contribution < -0.4 is 0 Å². The van der Waals surface area contributed by atoms with Crippen LogP contribution >= 0.6 is 0 Å². The predicted molar refractivity (Wildman–Crippen MR) is 71.1 cm³/mol. The molecule has 3 nitrogen and oxygen atoms in total. The lowest BCUT2D eigenvalue weighted by Gasteiger charge is -1.96. The van der Waals surface area contributed by atoms with Crippen LogP contribution in [0, 0.1) is 0 Å². The third-order valence-electron chi connectivity index (χ3n) is 2.80. The molecule has 0 aliphatic carbocycles. The summed E-state index contributed by atoms with van der Waals surface area (Å²) in [6.07, 6.45) is 0. The van der Waals surface area contributed by atoms with Gasteiger partial charge in [-0.25, -0.2) is 0 Å². The molecule has 0 saturated carbocycles. The zero-order valence-corrected chi connectivity index (χ0v) is 9.67. The summed E-state index contributed by atoms with van der Waals surface area (Å²) in [4.78, 5) is 0. The van der Waals surface area contributed by atoms with E-state index >= 15 is 0 Å². The molecular weight excluding hydrogens is 224 g/mol. The van der Waals surface area contributed by atoms with Gasteiger partial charge in [-0.15, -0.1) is 0 Å². The fourth-order valence-corrected chi connectivity index (χ4v) is 1.90. The van der Waals surface area contributed by atoms with Crippen LogP contribution in [0.4, 0.5) is 0 Å². The summed E-state index contributed by atoms with van der Waals surface area (Å²) in [5.74, 6) is 0.247. The summed E-state index contributed by atoms with van der Waals surface area (Å²) < 4.78 is 0. The quantitative estimate of drug-likeness (QED) is 0.716. The number of hydrogen-bond acceptors (Lipinski definition) is 2. The van der Waals surface area contributed by atoms with E-state index in [1.54, 1.807) is 12.1 Å². The number of benzene rings is 2. The Bertz CT molecular complexity index is 659. The van der Waals surface area contributed by atoms with Crippen LogP contribution in [0.3, 0.4) is 0 Å². The van der Waals surface area contributed by atoms with Gasteiger partial charge in [-0.1, -0.05) is 42.5 Å². The van der Waals surface area contributed by atoms with Crippen molar-refractivity contribution in [3.8, 4) is 28.3 Å². The van der Waals surface area contributed by atoms with Gasteiger partial charge in [-0.3, -0.25) is 5.10 Å². The molecule has 3 rings (SSSR count). The molecule has 1 heterocycles. The maximum absolute atomic E-state index is 9.46. The molecular formula is C15H12N2O. The molecule has 0 fully saturated rings. The largest absolute Gasteiger partial charge is 0.508 e. The summed E-state index contributed by atoms with van der Waals surface area (Å²) in [6.45, 7) is 0. The number of rotatable bonds is 2. The van der Waals surface area contributed by atoms with Crippen molar-refractivity contribution in [3.05, 3.63) is 60.7 Å². The topological polar surface area (TPSA) is 48.9 Å². The minimum atomic E-state index is 0.247. The molecule has 18 heavy (non-hydrogen) atoms. The number of aromatic nitrogens is 2. The Balaban J connectivity index is 2.00. The molecule has 2 aromatic carbocycles. The van der Waals surface area contributed by atoms with Crippen LogP contribution in [0.25, 0.3) is 22.5 Å². The van der Waals surface area contributed by atoms with Crippen molar-refractivity contribution in [3.63, 3.8) is 0 Å². The minimum absolute atomic E-state index is 0.247. The molecule has 3 heteroatoms. The van der Waals surface area contributed by atoms with Gasteiger partial charge in [-0.2, -0.15) is 5.10 Å². The van der Waals surface area contributed by atoms with E-state index in [1.165, 1.54) is 0 Å². The number of phenolic OH excluding ortho intramolecular Hbond substituents is 1. The lowest BCUT2D eigenvalue weighted by molar-refractivity contribution is 0.475. The van der Waals surface area contributed by atoms with Crippen molar-refractivity contribution >= 4 is 0 Å². The second-order valence-electron chi connectivity index (χ2n) is 4.08. The smallest absolute Gasteiger partial charge is 0.116 e. The van der Waals surface area contributed by atoms with Gasteiger partial charge in [0.1, 0.15) is 5.75 Å². The number of hydrogen-bond donors (Lipinski definition) is 2. The Morgan fingerprint density at radius 2 is 1.61 bits per heavy atom. The standard InChI is InChI=1S/C15H12N2O/c18-13-8-4-7-12(9-13)15-10-14(16-17-15)11-5-2-1-3-6-11/h1-10,18H,(H,16,17). The highest BCUT2D eigenvalue weighted by molar-refractivity contribution is 5.68. The van der Waals surface area contributed by atoms with Gasteiger partial charge in [0, 0.05) is 5.56 Å². The molecule has 0 aliphatic heterocycles. The number of phenols is 1. The monoisotopic (exact) mass is 236 g/mol. The Morgan fingerprint density at radius 1 is 0.833 bits per heavy atom. The van der Waals surface area contributed by atoms with Crippen LogP contribution in [0.1, 0.15) is 0 Å². The zero-order chi connectivity index (χ0) is 12.4. The van der Waals surface area contributed by atoms with Crippen molar-refractivity contribution in [2.75, 3.05) is 0 Å². The molecule has 0 atom stereocenters. The Hall–Kier alpha value is -2.55. The van der Waals surface area contributed by atoms with E-state index in [0.717, 1.165) is 22.5 Å². The molecule has 2 N–H and O–H groups in total. The van der Waals surface area contributed by atoms with Gasteiger partial charge in [0.2, 0.25) is 0 Å². The first kappa shape index (κ1) is 10.6. The van der Waals surface area contributed by atoms with Gasteiger partial charge >= 0.3 is 0 Å². The lowest BCUT2D eigenvalue weighted by Crippen LogP contribution is -1.76. The van der Waals surface area contributed by atoms with E-state index in [-0.39, 0.29) is 5.75 Å². The van der Waals surface area contributed by atoms with Crippen molar-refractivity contribution in [1.29, 1.82) is 0 Å². The fourth-order valence-electron chi connectivity index (χ4n) is 1.90. The highest BCUT2D eigenvalue weighted by Crippen LogP contribution is 2.25. The van der Waals surface area contributed by atoms with Gasteiger partial charge in [0.25, 0.3) is 0 Å². The van der Waals surface area contributed by atoms with E-state index in [1.807, 2.05) is 48.5 Å². The molecule has 0 unspecified atom stereocenters. The van der Waals surface area contributed by atoms with E-state index in [9.17, 15) is 5.11 Å². The molecule has 3 aromatic rings. The highest BCUT2D eigenvalue weighted by atomic mass is 16.3. The number of nitrogens with one attached hydrogen (secondary N) is 1. The number of aromatic hydroxyl groups is 1. The number of H-pyrrole nitrogens is 1. The molecule has 0 aliphatic rings. The van der Waals surface area contributed by atoms with E-state index < -0.39 is 0 Å². The van der Waals surface area contributed by atoms with E-state index in [2.05, 4.69) is 10.2 Å². The SMILES string of the molecule is Oc1cccc(-c2cc(-c3ccccc3)[nH]n2)c1. The van der Waals surface area contributed by atoms with Crippen LogP contribution in [0.5, 0.6) is 5.75 Å². The van der Waals surface area contributed by atoms with Crippen molar-refractivity contribution in [1.82, 2.24) is 10.2 Å². The fraction of sp³-hybridized carbons (Fsp3) is 0.